The number of nitrogens with zero attached hydrogens (tertiary/aromatic N) is 2. The van der Waals surface area contributed by atoms with Crippen LogP contribution in [0.5, 0.6) is 0 Å². The standard InChI is InChI=1S/C16H20BrN3O3/c1-2-4-20-12-11-15(17)23-14(12)10-13(20)16(21)18-3-5-19-6-8-22-9-7-19/h2,10-11H,1,3-9H2,(H,18,21). The van der Waals surface area contributed by atoms with E-state index in [0.29, 0.717) is 29.0 Å². The van der Waals surface area contributed by atoms with E-state index in [1.165, 1.54) is 0 Å². The van der Waals surface area contributed by atoms with E-state index >= 15 is 0 Å². The lowest BCUT2D eigenvalue weighted by Gasteiger charge is -2.26. The van der Waals surface area contributed by atoms with Crippen LogP contribution in [0.25, 0.3) is 11.1 Å². The topological polar surface area (TPSA) is 59.6 Å². The molecule has 7 heteroatoms. The highest BCUT2D eigenvalue weighted by Gasteiger charge is 2.18. The smallest absolute Gasteiger partial charge is 0.268 e. The van der Waals surface area contributed by atoms with E-state index in [2.05, 4.69) is 32.7 Å². The molecule has 0 atom stereocenters. The van der Waals surface area contributed by atoms with Gasteiger partial charge in [0.2, 0.25) is 0 Å². The molecule has 0 bridgehead atoms. The molecule has 3 heterocycles. The first kappa shape index (κ1) is 16.3. The van der Waals surface area contributed by atoms with Gasteiger partial charge < -0.3 is 19.0 Å². The lowest BCUT2D eigenvalue weighted by Crippen LogP contribution is -2.41. The molecule has 3 rings (SSSR count). The maximum atomic E-state index is 12.5. The molecule has 1 aliphatic rings. The second-order valence-electron chi connectivity index (χ2n) is 5.44. The van der Waals surface area contributed by atoms with Crippen molar-refractivity contribution in [3.05, 3.63) is 35.2 Å². The molecule has 0 aromatic carbocycles. The fourth-order valence-corrected chi connectivity index (χ4v) is 3.16. The van der Waals surface area contributed by atoms with Gasteiger partial charge >= 0.3 is 0 Å². The van der Waals surface area contributed by atoms with Crippen molar-refractivity contribution in [2.45, 2.75) is 6.54 Å². The number of halogens is 1. The van der Waals surface area contributed by atoms with Crippen molar-refractivity contribution >= 4 is 32.9 Å². The zero-order valence-electron chi connectivity index (χ0n) is 12.9. The second-order valence-corrected chi connectivity index (χ2v) is 6.22. The van der Waals surface area contributed by atoms with Gasteiger partial charge in [-0.1, -0.05) is 6.08 Å². The minimum Gasteiger partial charge on any atom is -0.448 e. The largest absolute Gasteiger partial charge is 0.448 e. The van der Waals surface area contributed by atoms with Crippen LogP contribution in [0.2, 0.25) is 0 Å². The van der Waals surface area contributed by atoms with Gasteiger partial charge in [-0.15, -0.1) is 6.58 Å². The van der Waals surface area contributed by atoms with Crippen LogP contribution in [0.4, 0.5) is 0 Å². The maximum absolute atomic E-state index is 12.5. The number of nitrogens with one attached hydrogen (secondary N) is 1. The molecule has 0 unspecified atom stereocenters. The number of hydrogen-bond donors (Lipinski definition) is 1. The molecule has 0 aliphatic carbocycles. The summed E-state index contributed by atoms with van der Waals surface area (Å²) in [5.41, 5.74) is 2.17. The average molecular weight is 382 g/mol. The van der Waals surface area contributed by atoms with Crippen LogP contribution in [-0.4, -0.2) is 54.8 Å². The number of fused-ring (bicyclic) bond motifs is 1. The van der Waals surface area contributed by atoms with Crippen molar-refractivity contribution in [3.63, 3.8) is 0 Å². The van der Waals surface area contributed by atoms with E-state index in [9.17, 15) is 4.79 Å². The molecule has 0 radical (unpaired) electrons. The zero-order chi connectivity index (χ0) is 16.2. The van der Waals surface area contributed by atoms with Crippen molar-refractivity contribution in [2.75, 3.05) is 39.4 Å². The third-order valence-corrected chi connectivity index (χ3v) is 4.31. The molecule has 1 fully saturated rings. The van der Waals surface area contributed by atoms with E-state index in [4.69, 9.17) is 9.15 Å². The number of hydrogen-bond acceptors (Lipinski definition) is 4. The minimum absolute atomic E-state index is 0.0948. The van der Waals surface area contributed by atoms with Gasteiger partial charge in [-0.05, 0) is 15.9 Å². The molecule has 1 N–H and O–H groups in total. The summed E-state index contributed by atoms with van der Waals surface area (Å²) < 4.78 is 13.4. The van der Waals surface area contributed by atoms with Crippen molar-refractivity contribution in [1.29, 1.82) is 0 Å². The summed E-state index contributed by atoms with van der Waals surface area (Å²) in [6, 6.07) is 3.64. The highest BCUT2D eigenvalue weighted by Crippen LogP contribution is 2.27. The third kappa shape index (κ3) is 3.68. The predicted molar refractivity (Wildman–Crippen MR) is 91.7 cm³/mol. The molecular formula is C16H20BrN3O3. The van der Waals surface area contributed by atoms with Gasteiger partial charge in [0, 0.05) is 44.9 Å². The molecular weight excluding hydrogens is 362 g/mol. The van der Waals surface area contributed by atoms with Crippen LogP contribution in [-0.2, 0) is 11.3 Å². The second kappa shape index (κ2) is 7.33. The normalized spacial score (nSPS) is 15.9. The van der Waals surface area contributed by atoms with E-state index in [1.54, 1.807) is 12.1 Å². The summed E-state index contributed by atoms with van der Waals surface area (Å²) in [6.45, 7) is 9.13. The Morgan fingerprint density at radius 3 is 2.91 bits per heavy atom. The van der Waals surface area contributed by atoms with Gasteiger partial charge in [-0.2, -0.15) is 0 Å². The van der Waals surface area contributed by atoms with E-state index in [0.717, 1.165) is 38.4 Å². The molecule has 124 valence electrons. The highest BCUT2D eigenvalue weighted by molar-refractivity contribution is 9.10. The summed E-state index contributed by atoms with van der Waals surface area (Å²) in [6.07, 6.45) is 1.77. The van der Waals surface area contributed by atoms with Crippen LogP contribution in [0.15, 0.2) is 33.9 Å². The first-order valence-electron chi connectivity index (χ1n) is 7.67. The van der Waals surface area contributed by atoms with Gasteiger partial charge in [0.25, 0.3) is 5.91 Å². The number of carbonyl (C=O) groups is 1. The first-order valence-corrected chi connectivity index (χ1v) is 8.46. The number of furan rings is 1. The van der Waals surface area contributed by atoms with Gasteiger partial charge in [0.05, 0.1) is 18.7 Å². The van der Waals surface area contributed by atoms with Crippen LogP contribution < -0.4 is 5.32 Å². The molecule has 23 heavy (non-hydrogen) atoms. The Balaban J connectivity index is 1.66. The number of carbonyl (C=O) groups excluding carboxylic acids is 1. The summed E-state index contributed by atoms with van der Waals surface area (Å²) >= 11 is 3.31. The SMILES string of the molecule is C=CCn1c(C(=O)NCCN2CCOCC2)cc2oc(Br)cc21. The fraction of sp³-hybridized carbons (Fsp3) is 0.438. The van der Waals surface area contributed by atoms with Gasteiger partial charge in [0.15, 0.2) is 10.3 Å². The summed E-state index contributed by atoms with van der Waals surface area (Å²) in [7, 11) is 0. The Morgan fingerprint density at radius 1 is 1.39 bits per heavy atom. The maximum Gasteiger partial charge on any atom is 0.268 e. The van der Waals surface area contributed by atoms with E-state index in [-0.39, 0.29) is 5.91 Å². The van der Waals surface area contributed by atoms with Crippen molar-refractivity contribution < 1.29 is 13.9 Å². The number of amides is 1. The fourth-order valence-electron chi connectivity index (χ4n) is 2.77. The number of aromatic nitrogens is 1. The van der Waals surface area contributed by atoms with Gasteiger partial charge in [0.1, 0.15) is 5.69 Å². The van der Waals surface area contributed by atoms with Crippen LogP contribution in [0, 0.1) is 0 Å². The lowest BCUT2D eigenvalue weighted by molar-refractivity contribution is 0.0383. The lowest BCUT2D eigenvalue weighted by atomic mass is 10.3. The summed E-state index contributed by atoms with van der Waals surface area (Å²) in [4.78, 5) is 14.8. The number of allylic oxidation sites excluding steroid dienone is 1. The summed E-state index contributed by atoms with van der Waals surface area (Å²) in [5, 5.41) is 2.98. The number of rotatable bonds is 6. The molecule has 1 amide bonds. The number of morpholine rings is 1. The van der Waals surface area contributed by atoms with Crippen molar-refractivity contribution in [3.8, 4) is 0 Å². The van der Waals surface area contributed by atoms with E-state index in [1.807, 2.05) is 10.6 Å². The molecule has 2 aromatic rings. The molecule has 0 saturated carbocycles. The van der Waals surface area contributed by atoms with Gasteiger partial charge in [-0.3, -0.25) is 9.69 Å². The Bertz CT molecular complexity index is 701. The number of ether oxygens (including phenoxy) is 1. The molecule has 2 aromatic heterocycles. The minimum atomic E-state index is -0.0948. The van der Waals surface area contributed by atoms with Gasteiger partial charge in [-0.25, -0.2) is 0 Å². The van der Waals surface area contributed by atoms with Crippen LogP contribution in [0.1, 0.15) is 10.5 Å². The van der Waals surface area contributed by atoms with E-state index < -0.39 is 0 Å². The molecule has 1 saturated heterocycles. The predicted octanol–water partition coefficient (Wildman–Crippen LogP) is 2.24. The monoisotopic (exact) mass is 381 g/mol. The Labute approximate surface area is 143 Å². The third-order valence-electron chi connectivity index (χ3n) is 3.92. The molecule has 0 spiro atoms. The quantitative estimate of drug-likeness (QED) is 0.779. The first-order chi connectivity index (χ1) is 11.2. The summed E-state index contributed by atoms with van der Waals surface area (Å²) in [5.74, 6) is -0.0948. The van der Waals surface area contributed by atoms with Crippen LogP contribution in [0.3, 0.4) is 0 Å². The molecule has 1 aliphatic heterocycles. The Kier molecular flexibility index (Phi) is 5.20. The Hall–Kier alpha value is -1.57. The molecule has 6 nitrogen and oxygen atoms in total. The van der Waals surface area contributed by atoms with Crippen LogP contribution >= 0.6 is 15.9 Å². The zero-order valence-corrected chi connectivity index (χ0v) is 14.5. The van der Waals surface area contributed by atoms with Crippen molar-refractivity contribution in [2.24, 2.45) is 0 Å². The highest BCUT2D eigenvalue weighted by atomic mass is 79.9. The van der Waals surface area contributed by atoms with Crippen molar-refractivity contribution in [1.82, 2.24) is 14.8 Å². The Morgan fingerprint density at radius 2 is 2.17 bits per heavy atom. The average Bonchev–Trinajstić information content (AvgIpc) is 3.06.